The van der Waals surface area contributed by atoms with Crippen molar-refractivity contribution < 1.29 is 13.2 Å². The Hall–Kier alpha value is -2.18. The van der Waals surface area contributed by atoms with Crippen molar-refractivity contribution >= 4 is 21.6 Å². The van der Waals surface area contributed by atoms with E-state index >= 15 is 0 Å². The van der Waals surface area contributed by atoms with Gasteiger partial charge in [-0.1, -0.05) is 31.0 Å². The Morgan fingerprint density at radius 1 is 0.917 bits per heavy atom. The van der Waals surface area contributed by atoms with Gasteiger partial charge < -0.3 is 5.32 Å². The first kappa shape index (κ1) is 16.7. The first-order valence-corrected chi connectivity index (χ1v) is 9.52. The van der Waals surface area contributed by atoms with Crippen LogP contribution in [0.5, 0.6) is 0 Å². The molecule has 5 nitrogen and oxygen atoms in total. The summed E-state index contributed by atoms with van der Waals surface area (Å²) < 4.78 is 27.4. The highest BCUT2D eigenvalue weighted by Crippen LogP contribution is 2.20. The summed E-state index contributed by atoms with van der Waals surface area (Å²) in [5.41, 5.74) is 1.11. The molecule has 0 heterocycles. The van der Waals surface area contributed by atoms with E-state index in [2.05, 4.69) is 10.0 Å². The number of hydrogen-bond donors (Lipinski definition) is 2. The van der Waals surface area contributed by atoms with Crippen LogP contribution in [0.3, 0.4) is 0 Å². The highest BCUT2D eigenvalue weighted by molar-refractivity contribution is 7.89. The lowest BCUT2D eigenvalue weighted by Crippen LogP contribution is -2.32. The molecule has 0 aromatic heterocycles. The van der Waals surface area contributed by atoms with E-state index in [4.69, 9.17) is 0 Å². The van der Waals surface area contributed by atoms with Crippen molar-refractivity contribution in [3.05, 3.63) is 60.2 Å². The second-order valence-electron chi connectivity index (χ2n) is 5.95. The van der Waals surface area contributed by atoms with Crippen LogP contribution < -0.4 is 10.0 Å². The normalized spacial score (nSPS) is 15.3. The molecule has 0 saturated heterocycles. The molecule has 6 heteroatoms. The maximum Gasteiger partial charge on any atom is 0.255 e. The monoisotopic (exact) mass is 344 g/mol. The highest BCUT2D eigenvalue weighted by Gasteiger charge is 2.23. The van der Waals surface area contributed by atoms with Crippen LogP contribution in [0.25, 0.3) is 0 Å². The summed E-state index contributed by atoms with van der Waals surface area (Å²) in [6.45, 7) is 0. The van der Waals surface area contributed by atoms with Gasteiger partial charge in [-0.3, -0.25) is 4.79 Å². The third kappa shape index (κ3) is 4.01. The maximum atomic E-state index is 12.3. The smallest absolute Gasteiger partial charge is 0.255 e. The number of rotatable bonds is 5. The first-order chi connectivity index (χ1) is 11.5. The standard InChI is InChI=1S/C18H20N2O3S/c21-18(19-15-6-2-1-3-7-15)14-10-12-17(13-11-14)24(22,23)20-16-8-4-5-9-16/h1-3,6-7,10-13,16,20H,4-5,8-9H2,(H,19,21). The highest BCUT2D eigenvalue weighted by atomic mass is 32.2. The average molecular weight is 344 g/mol. The molecule has 2 aromatic carbocycles. The Labute approximate surface area is 142 Å². The third-order valence-electron chi connectivity index (χ3n) is 4.14. The third-order valence-corrected chi connectivity index (χ3v) is 5.67. The Bertz CT molecular complexity index is 796. The van der Waals surface area contributed by atoms with Crippen molar-refractivity contribution in [1.29, 1.82) is 0 Å². The number of anilines is 1. The van der Waals surface area contributed by atoms with Crippen molar-refractivity contribution in [2.24, 2.45) is 0 Å². The second kappa shape index (κ2) is 7.15. The Kier molecular flexibility index (Phi) is 4.97. The van der Waals surface area contributed by atoms with Gasteiger partial charge in [0.25, 0.3) is 5.91 Å². The zero-order chi connectivity index (χ0) is 17.0. The lowest BCUT2D eigenvalue weighted by atomic mass is 10.2. The maximum absolute atomic E-state index is 12.3. The zero-order valence-electron chi connectivity index (χ0n) is 13.2. The number of hydrogen-bond acceptors (Lipinski definition) is 3. The van der Waals surface area contributed by atoms with E-state index in [0.717, 1.165) is 25.7 Å². The van der Waals surface area contributed by atoms with Crippen molar-refractivity contribution in [2.75, 3.05) is 5.32 Å². The molecular weight excluding hydrogens is 324 g/mol. The summed E-state index contributed by atoms with van der Waals surface area (Å²) >= 11 is 0. The molecule has 1 amide bonds. The molecule has 126 valence electrons. The molecule has 24 heavy (non-hydrogen) atoms. The van der Waals surface area contributed by atoms with E-state index in [1.807, 2.05) is 18.2 Å². The number of amides is 1. The van der Waals surface area contributed by atoms with Crippen molar-refractivity contribution in [3.63, 3.8) is 0 Å². The fourth-order valence-electron chi connectivity index (χ4n) is 2.84. The van der Waals surface area contributed by atoms with Gasteiger partial charge in [-0.2, -0.15) is 0 Å². The van der Waals surface area contributed by atoms with Crippen LogP contribution in [0.1, 0.15) is 36.0 Å². The Morgan fingerprint density at radius 3 is 2.17 bits per heavy atom. The van der Waals surface area contributed by atoms with Crippen LogP contribution in [-0.2, 0) is 10.0 Å². The summed E-state index contributed by atoms with van der Waals surface area (Å²) in [5, 5.41) is 2.77. The van der Waals surface area contributed by atoms with Crippen LogP contribution in [0.15, 0.2) is 59.5 Å². The van der Waals surface area contributed by atoms with Gasteiger partial charge in [-0.15, -0.1) is 0 Å². The van der Waals surface area contributed by atoms with Crippen molar-refractivity contribution in [3.8, 4) is 0 Å². The number of carbonyl (C=O) groups is 1. The second-order valence-corrected chi connectivity index (χ2v) is 7.66. The van der Waals surface area contributed by atoms with E-state index in [1.54, 1.807) is 12.1 Å². The van der Waals surface area contributed by atoms with Crippen molar-refractivity contribution in [2.45, 2.75) is 36.6 Å². The van der Waals surface area contributed by atoms with Gasteiger partial charge >= 0.3 is 0 Å². The van der Waals surface area contributed by atoms with Gasteiger partial charge in [-0.25, -0.2) is 13.1 Å². The lowest BCUT2D eigenvalue weighted by molar-refractivity contribution is 0.102. The molecule has 0 aliphatic heterocycles. The quantitative estimate of drug-likeness (QED) is 0.875. The molecule has 0 radical (unpaired) electrons. The summed E-state index contributed by atoms with van der Waals surface area (Å²) in [6, 6.07) is 15.1. The van der Waals surface area contributed by atoms with E-state index in [-0.39, 0.29) is 16.8 Å². The Morgan fingerprint density at radius 2 is 1.54 bits per heavy atom. The molecule has 1 aliphatic carbocycles. The Balaban J connectivity index is 1.69. The van der Waals surface area contributed by atoms with Gasteiger partial charge in [0.05, 0.1) is 4.90 Å². The summed E-state index contributed by atoms with van der Waals surface area (Å²) in [5.74, 6) is -0.270. The topological polar surface area (TPSA) is 75.3 Å². The molecule has 2 aromatic rings. The molecule has 2 N–H and O–H groups in total. The van der Waals surface area contributed by atoms with Gasteiger partial charge in [0.2, 0.25) is 10.0 Å². The molecule has 3 rings (SSSR count). The minimum absolute atomic E-state index is 0.0241. The molecular formula is C18H20N2O3S. The summed E-state index contributed by atoms with van der Waals surface area (Å²) in [6.07, 6.45) is 3.89. The van der Waals surface area contributed by atoms with Gasteiger partial charge in [0.15, 0.2) is 0 Å². The first-order valence-electron chi connectivity index (χ1n) is 8.03. The van der Waals surface area contributed by atoms with E-state index < -0.39 is 10.0 Å². The number of benzene rings is 2. The van der Waals surface area contributed by atoms with E-state index in [1.165, 1.54) is 24.3 Å². The number of para-hydroxylation sites is 1. The predicted molar refractivity (Wildman–Crippen MR) is 93.4 cm³/mol. The molecule has 0 bridgehead atoms. The molecule has 0 spiro atoms. The van der Waals surface area contributed by atoms with Crippen LogP contribution in [-0.4, -0.2) is 20.4 Å². The predicted octanol–water partition coefficient (Wildman–Crippen LogP) is 3.16. The number of nitrogens with one attached hydrogen (secondary N) is 2. The minimum Gasteiger partial charge on any atom is -0.322 e. The SMILES string of the molecule is O=C(Nc1ccccc1)c1ccc(S(=O)(=O)NC2CCCC2)cc1. The van der Waals surface area contributed by atoms with E-state index in [9.17, 15) is 13.2 Å². The molecule has 1 fully saturated rings. The summed E-state index contributed by atoms with van der Waals surface area (Å²) in [4.78, 5) is 12.4. The lowest BCUT2D eigenvalue weighted by Gasteiger charge is -2.12. The van der Waals surface area contributed by atoms with E-state index in [0.29, 0.717) is 11.3 Å². The molecule has 1 saturated carbocycles. The zero-order valence-corrected chi connectivity index (χ0v) is 14.1. The largest absolute Gasteiger partial charge is 0.322 e. The van der Waals surface area contributed by atoms with Gasteiger partial charge in [0, 0.05) is 17.3 Å². The summed E-state index contributed by atoms with van der Waals surface area (Å²) in [7, 11) is -3.53. The van der Waals surface area contributed by atoms with Crippen LogP contribution >= 0.6 is 0 Å². The number of sulfonamides is 1. The van der Waals surface area contributed by atoms with Gasteiger partial charge in [0.1, 0.15) is 0 Å². The van der Waals surface area contributed by atoms with Crippen LogP contribution in [0.4, 0.5) is 5.69 Å². The molecule has 0 atom stereocenters. The van der Waals surface area contributed by atoms with Crippen LogP contribution in [0.2, 0.25) is 0 Å². The molecule has 1 aliphatic rings. The van der Waals surface area contributed by atoms with Gasteiger partial charge in [-0.05, 0) is 49.2 Å². The minimum atomic E-state index is -3.53. The average Bonchev–Trinajstić information content (AvgIpc) is 3.08. The fraction of sp³-hybridized carbons (Fsp3) is 0.278. The molecule has 0 unspecified atom stereocenters. The number of carbonyl (C=O) groups excluding carboxylic acids is 1. The fourth-order valence-corrected chi connectivity index (χ4v) is 4.15. The van der Waals surface area contributed by atoms with Crippen LogP contribution in [0, 0.1) is 0 Å². The van der Waals surface area contributed by atoms with Crippen molar-refractivity contribution in [1.82, 2.24) is 4.72 Å².